The first-order valence-corrected chi connectivity index (χ1v) is 11.7. The predicted octanol–water partition coefficient (Wildman–Crippen LogP) is 4.75. The molecule has 0 radical (unpaired) electrons. The van der Waals surface area contributed by atoms with Crippen LogP contribution in [-0.2, 0) is 19.8 Å². The van der Waals surface area contributed by atoms with Gasteiger partial charge >= 0.3 is 6.18 Å². The number of pyridine rings is 1. The van der Waals surface area contributed by atoms with Crippen molar-refractivity contribution in [3.05, 3.63) is 64.6 Å². The number of nitrogens with zero attached hydrogens (tertiary/aromatic N) is 6. The fourth-order valence-corrected chi connectivity index (χ4v) is 4.14. The molecule has 4 aromatic rings. The van der Waals surface area contributed by atoms with Crippen LogP contribution in [0.2, 0.25) is 5.02 Å². The lowest BCUT2D eigenvalue weighted by Gasteiger charge is -2.18. The molecule has 3 heterocycles. The van der Waals surface area contributed by atoms with Crippen LogP contribution in [0.4, 0.5) is 35.0 Å². The lowest BCUT2D eigenvalue weighted by Crippen LogP contribution is -2.17. The van der Waals surface area contributed by atoms with E-state index in [1.165, 1.54) is 34.3 Å². The first-order chi connectivity index (χ1) is 18.4. The molecule has 4 N–H and O–H groups in total. The maximum Gasteiger partial charge on any atom is 0.416 e. The quantitative estimate of drug-likeness (QED) is 0.205. The van der Waals surface area contributed by atoms with E-state index in [0.29, 0.717) is 11.5 Å². The second kappa shape index (κ2) is 10.9. The van der Waals surface area contributed by atoms with Gasteiger partial charge in [-0.15, -0.1) is 0 Å². The van der Waals surface area contributed by atoms with Crippen LogP contribution in [0.1, 0.15) is 16.8 Å². The Morgan fingerprint density at radius 1 is 1.21 bits per heavy atom. The monoisotopic (exact) mass is 565 g/mol. The van der Waals surface area contributed by atoms with Crippen LogP contribution < -0.4 is 21.1 Å². The Hall–Kier alpha value is -4.17. The summed E-state index contributed by atoms with van der Waals surface area (Å²) in [6, 6.07) is 1.58. The minimum Gasteiger partial charge on any atom is -0.450 e. The lowest BCUT2D eigenvalue weighted by atomic mass is 10.0. The largest absolute Gasteiger partial charge is 0.450 e. The SMILES string of the molecule is CNc1nccnc1C(=CN)Oc1cnc2nc(Nc3cc(C(F)(F)F)c(CN(C)C)cc3F)n(C)c2c1Cl. The molecule has 0 atom stereocenters. The molecule has 1 aromatic carbocycles. The molecule has 39 heavy (non-hydrogen) atoms. The van der Waals surface area contributed by atoms with Gasteiger partial charge < -0.3 is 30.6 Å². The van der Waals surface area contributed by atoms with E-state index in [4.69, 9.17) is 22.1 Å². The molecule has 206 valence electrons. The van der Waals surface area contributed by atoms with Crippen molar-refractivity contribution in [2.75, 3.05) is 31.8 Å². The molecular formula is C24H24ClF4N9O. The zero-order valence-electron chi connectivity index (χ0n) is 21.2. The molecule has 0 aliphatic carbocycles. The van der Waals surface area contributed by atoms with Gasteiger partial charge in [0.05, 0.1) is 17.4 Å². The van der Waals surface area contributed by atoms with Crippen molar-refractivity contribution in [2.24, 2.45) is 12.8 Å². The second-order valence-corrected chi connectivity index (χ2v) is 8.97. The average Bonchev–Trinajstić information content (AvgIpc) is 3.19. The van der Waals surface area contributed by atoms with Crippen molar-refractivity contribution in [3.8, 4) is 5.75 Å². The summed E-state index contributed by atoms with van der Waals surface area (Å²) in [4.78, 5) is 18.4. The average molecular weight is 566 g/mol. The third-order valence-electron chi connectivity index (χ3n) is 5.58. The van der Waals surface area contributed by atoms with Crippen molar-refractivity contribution >= 4 is 46.0 Å². The maximum absolute atomic E-state index is 14.9. The third kappa shape index (κ3) is 5.66. The van der Waals surface area contributed by atoms with Gasteiger partial charge in [0.2, 0.25) is 5.95 Å². The van der Waals surface area contributed by atoms with Crippen LogP contribution in [0.3, 0.4) is 0 Å². The molecule has 0 spiro atoms. The predicted molar refractivity (Wildman–Crippen MR) is 140 cm³/mol. The Bertz CT molecular complexity index is 1550. The standard InChI is InChI=1S/C24H24ClF4N9O/c1-31-21-19(32-5-6-33-21)16(9-30)39-17-10-34-22-20(18(17)25)38(4)23(36-22)35-15-8-13(24(27,28)29)12(7-14(15)26)11-37(2)3/h5-10H,11,30H2,1-4H3,(H,31,33)(H,34,35,36). The van der Waals surface area contributed by atoms with Crippen molar-refractivity contribution in [2.45, 2.75) is 12.7 Å². The van der Waals surface area contributed by atoms with E-state index in [1.54, 1.807) is 28.2 Å². The van der Waals surface area contributed by atoms with Gasteiger partial charge in [0.25, 0.3) is 0 Å². The van der Waals surface area contributed by atoms with Crippen molar-refractivity contribution in [3.63, 3.8) is 0 Å². The van der Waals surface area contributed by atoms with E-state index < -0.39 is 23.2 Å². The molecule has 10 nitrogen and oxygen atoms in total. The van der Waals surface area contributed by atoms with Crippen LogP contribution in [0.25, 0.3) is 16.9 Å². The van der Waals surface area contributed by atoms with Crippen molar-refractivity contribution < 1.29 is 22.3 Å². The molecule has 0 saturated heterocycles. The number of nitrogens with one attached hydrogen (secondary N) is 2. The van der Waals surface area contributed by atoms with E-state index >= 15 is 0 Å². The van der Waals surface area contributed by atoms with Crippen LogP contribution in [-0.4, -0.2) is 50.5 Å². The lowest BCUT2D eigenvalue weighted by molar-refractivity contribution is -0.138. The molecule has 3 aromatic heterocycles. The molecule has 0 saturated carbocycles. The minimum absolute atomic E-state index is 0.00456. The van der Waals surface area contributed by atoms with E-state index in [0.717, 1.165) is 12.1 Å². The molecule has 15 heteroatoms. The van der Waals surface area contributed by atoms with E-state index in [9.17, 15) is 17.6 Å². The van der Waals surface area contributed by atoms with Crippen LogP contribution in [0.5, 0.6) is 5.75 Å². The number of aromatic nitrogens is 5. The molecule has 0 fully saturated rings. The van der Waals surface area contributed by atoms with Gasteiger partial charge in [-0.1, -0.05) is 11.6 Å². The van der Waals surface area contributed by atoms with E-state index in [1.807, 2.05) is 0 Å². The highest BCUT2D eigenvalue weighted by Crippen LogP contribution is 2.38. The van der Waals surface area contributed by atoms with Crippen molar-refractivity contribution in [1.29, 1.82) is 0 Å². The topological polar surface area (TPSA) is 119 Å². The summed E-state index contributed by atoms with van der Waals surface area (Å²) in [6.07, 6.45) is 0.747. The Kier molecular flexibility index (Phi) is 7.79. The molecule has 0 unspecified atom stereocenters. The summed E-state index contributed by atoms with van der Waals surface area (Å²) in [5.74, 6) is -0.234. The molecule has 4 rings (SSSR count). The fourth-order valence-electron chi connectivity index (χ4n) is 3.84. The number of rotatable bonds is 8. The van der Waals surface area contributed by atoms with Gasteiger partial charge in [0.1, 0.15) is 22.1 Å². The number of anilines is 3. The van der Waals surface area contributed by atoms with E-state index in [-0.39, 0.29) is 45.8 Å². The summed E-state index contributed by atoms with van der Waals surface area (Å²) in [5, 5.41) is 5.59. The first kappa shape index (κ1) is 27.9. The fraction of sp³-hybridized carbons (Fsp3) is 0.250. The number of hydrogen-bond donors (Lipinski definition) is 3. The zero-order chi connectivity index (χ0) is 28.5. The Morgan fingerprint density at radius 2 is 1.92 bits per heavy atom. The maximum atomic E-state index is 14.9. The number of imidazole rings is 1. The molecule has 0 amide bonds. The number of alkyl halides is 3. The molecule has 0 aliphatic rings. The van der Waals surface area contributed by atoms with Gasteiger partial charge in [-0.25, -0.2) is 19.3 Å². The number of nitrogens with two attached hydrogens (primary N) is 1. The number of hydrogen-bond acceptors (Lipinski definition) is 9. The number of fused-ring (bicyclic) bond motifs is 1. The number of ether oxygens (including phenoxy) is 1. The van der Waals surface area contributed by atoms with Crippen molar-refractivity contribution in [1.82, 2.24) is 29.4 Å². The minimum atomic E-state index is -4.69. The van der Waals surface area contributed by atoms with Crippen LogP contribution in [0.15, 0.2) is 36.9 Å². The summed E-state index contributed by atoms with van der Waals surface area (Å²) in [7, 11) is 6.39. The molecule has 0 bridgehead atoms. The molecule has 0 aliphatic heterocycles. The van der Waals surface area contributed by atoms with Gasteiger partial charge in [-0.3, -0.25) is 0 Å². The summed E-state index contributed by atoms with van der Waals surface area (Å²) in [5.41, 5.74) is 4.94. The number of aryl methyl sites for hydroxylation is 1. The van der Waals surface area contributed by atoms with Gasteiger partial charge in [-0.05, 0) is 31.8 Å². The second-order valence-electron chi connectivity index (χ2n) is 8.59. The number of benzene rings is 1. The molecular weight excluding hydrogens is 542 g/mol. The third-order valence-corrected chi connectivity index (χ3v) is 5.94. The van der Waals surface area contributed by atoms with Crippen LogP contribution >= 0.6 is 11.6 Å². The summed E-state index contributed by atoms with van der Waals surface area (Å²) < 4.78 is 63.4. The van der Waals surface area contributed by atoms with Gasteiger partial charge in [-0.2, -0.15) is 18.2 Å². The summed E-state index contributed by atoms with van der Waals surface area (Å²) in [6.45, 7) is -0.0930. The summed E-state index contributed by atoms with van der Waals surface area (Å²) >= 11 is 6.61. The number of halogens is 5. The van der Waals surface area contributed by atoms with E-state index in [2.05, 4.69) is 30.6 Å². The Morgan fingerprint density at radius 3 is 2.56 bits per heavy atom. The van der Waals surface area contributed by atoms with Gasteiger partial charge in [0, 0.05) is 39.2 Å². The van der Waals surface area contributed by atoms with Crippen LogP contribution in [0, 0.1) is 5.82 Å². The smallest absolute Gasteiger partial charge is 0.416 e. The normalized spacial score (nSPS) is 12.3. The Balaban J connectivity index is 1.71. The highest BCUT2D eigenvalue weighted by Gasteiger charge is 2.35. The first-order valence-electron chi connectivity index (χ1n) is 11.4. The highest BCUT2D eigenvalue weighted by atomic mass is 35.5. The van der Waals surface area contributed by atoms with Gasteiger partial charge in [0.15, 0.2) is 23.0 Å². The zero-order valence-corrected chi connectivity index (χ0v) is 22.0. The highest BCUT2D eigenvalue weighted by molar-refractivity contribution is 6.36. The Labute approximate surface area is 225 Å².